The van der Waals surface area contributed by atoms with Gasteiger partial charge in [0, 0.05) is 23.8 Å². The minimum Gasteiger partial charge on any atom is -0.478 e. The summed E-state index contributed by atoms with van der Waals surface area (Å²) in [6.45, 7) is 0. The number of aromatic carboxylic acids is 1. The lowest BCUT2D eigenvalue weighted by atomic mass is 10.2. The average molecular weight is 251 g/mol. The van der Waals surface area contributed by atoms with Crippen LogP contribution in [0.1, 0.15) is 10.4 Å². The van der Waals surface area contributed by atoms with Crippen molar-refractivity contribution in [1.29, 1.82) is 0 Å². The summed E-state index contributed by atoms with van der Waals surface area (Å²) in [5.74, 6) is -0.921. The van der Waals surface area contributed by atoms with E-state index in [-0.39, 0.29) is 18.0 Å². The third-order valence-electron chi connectivity index (χ3n) is 2.10. The molecule has 2 N–H and O–H groups in total. The zero-order valence-corrected chi connectivity index (χ0v) is 9.65. The van der Waals surface area contributed by atoms with Gasteiger partial charge < -0.3 is 10.4 Å². The van der Waals surface area contributed by atoms with Crippen molar-refractivity contribution in [3.8, 4) is 0 Å². The van der Waals surface area contributed by atoms with Crippen LogP contribution in [0.15, 0.2) is 48.8 Å². The van der Waals surface area contributed by atoms with Gasteiger partial charge in [-0.05, 0) is 36.4 Å². The molecule has 0 atom stereocenters. The Hall–Kier alpha value is -2.07. The molecule has 1 heterocycles. The van der Waals surface area contributed by atoms with Gasteiger partial charge in [0.15, 0.2) is 0 Å². The first kappa shape index (κ1) is 13.0. The Bertz CT molecular complexity index is 486. The fourth-order valence-corrected chi connectivity index (χ4v) is 1.30. The van der Waals surface area contributed by atoms with E-state index >= 15 is 0 Å². The Kier molecular flexibility index (Phi) is 4.48. The van der Waals surface area contributed by atoms with Gasteiger partial charge in [0.2, 0.25) is 0 Å². The quantitative estimate of drug-likeness (QED) is 0.879. The Balaban J connectivity index is 0.00000144. The molecule has 1 aromatic heterocycles. The minimum absolute atomic E-state index is 0. The Labute approximate surface area is 105 Å². The van der Waals surface area contributed by atoms with Gasteiger partial charge in [-0.25, -0.2) is 4.79 Å². The van der Waals surface area contributed by atoms with Crippen LogP contribution < -0.4 is 5.32 Å². The van der Waals surface area contributed by atoms with Crippen molar-refractivity contribution in [2.24, 2.45) is 0 Å². The molecule has 88 valence electrons. The van der Waals surface area contributed by atoms with E-state index in [9.17, 15) is 4.79 Å². The molecule has 1 aromatic carbocycles. The lowest BCUT2D eigenvalue weighted by molar-refractivity contribution is 0.0697. The summed E-state index contributed by atoms with van der Waals surface area (Å²) in [7, 11) is 0. The molecule has 0 bridgehead atoms. The van der Waals surface area contributed by atoms with Gasteiger partial charge in [0.25, 0.3) is 0 Å². The second kappa shape index (κ2) is 5.86. The van der Waals surface area contributed by atoms with Gasteiger partial charge in [-0.3, -0.25) is 4.98 Å². The highest BCUT2D eigenvalue weighted by atomic mass is 35.5. The van der Waals surface area contributed by atoms with Crippen LogP contribution in [-0.4, -0.2) is 16.1 Å². The maximum Gasteiger partial charge on any atom is 0.335 e. The normalized spacial score (nSPS) is 9.18. The summed E-state index contributed by atoms with van der Waals surface area (Å²) >= 11 is 0. The third-order valence-corrected chi connectivity index (χ3v) is 2.10. The number of rotatable bonds is 3. The molecule has 0 aliphatic rings. The maximum atomic E-state index is 10.6. The highest BCUT2D eigenvalue weighted by Gasteiger charge is 2.01. The SMILES string of the molecule is Cl.O=C(O)c1ccc(Nc2ccncc2)cc1. The van der Waals surface area contributed by atoms with Crippen LogP contribution >= 0.6 is 12.4 Å². The molecule has 0 spiro atoms. The summed E-state index contributed by atoms with van der Waals surface area (Å²) in [6.07, 6.45) is 3.38. The lowest BCUT2D eigenvalue weighted by Gasteiger charge is -2.05. The Morgan fingerprint density at radius 1 is 1.00 bits per heavy atom. The fourth-order valence-electron chi connectivity index (χ4n) is 1.30. The smallest absolute Gasteiger partial charge is 0.335 e. The van der Waals surface area contributed by atoms with E-state index in [2.05, 4.69) is 10.3 Å². The molecule has 0 radical (unpaired) electrons. The van der Waals surface area contributed by atoms with Gasteiger partial charge in [0.1, 0.15) is 0 Å². The van der Waals surface area contributed by atoms with E-state index in [4.69, 9.17) is 5.11 Å². The number of pyridine rings is 1. The monoisotopic (exact) mass is 250 g/mol. The van der Waals surface area contributed by atoms with E-state index in [0.717, 1.165) is 11.4 Å². The van der Waals surface area contributed by atoms with E-state index in [0.29, 0.717) is 0 Å². The molecule has 0 aliphatic heterocycles. The molecular formula is C12H11ClN2O2. The zero-order valence-electron chi connectivity index (χ0n) is 8.83. The van der Waals surface area contributed by atoms with Crippen LogP contribution in [0.4, 0.5) is 11.4 Å². The van der Waals surface area contributed by atoms with Crippen molar-refractivity contribution < 1.29 is 9.90 Å². The number of benzene rings is 1. The van der Waals surface area contributed by atoms with Crippen LogP contribution in [0.2, 0.25) is 0 Å². The predicted octanol–water partition coefficient (Wildman–Crippen LogP) is 2.95. The maximum absolute atomic E-state index is 10.6. The van der Waals surface area contributed by atoms with Gasteiger partial charge in [-0.2, -0.15) is 0 Å². The molecular weight excluding hydrogens is 240 g/mol. The Morgan fingerprint density at radius 3 is 2.06 bits per heavy atom. The number of carboxylic acids is 1. The van der Waals surface area contributed by atoms with Crippen LogP contribution in [-0.2, 0) is 0 Å². The first-order valence-corrected chi connectivity index (χ1v) is 4.76. The standard InChI is InChI=1S/C12H10N2O2.ClH/c15-12(16)9-1-3-10(4-2-9)14-11-5-7-13-8-6-11;/h1-8H,(H,13,14)(H,15,16);1H. The molecule has 0 fully saturated rings. The van der Waals surface area contributed by atoms with Crippen LogP contribution in [0.25, 0.3) is 0 Å². The number of nitrogens with one attached hydrogen (secondary N) is 1. The number of carbonyl (C=O) groups is 1. The second-order valence-corrected chi connectivity index (χ2v) is 3.24. The highest BCUT2D eigenvalue weighted by molar-refractivity contribution is 5.88. The highest BCUT2D eigenvalue weighted by Crippen LogP contribution is 2.15. The Morgan fingerprint density at radius 2 is 1.53 bits per heavy atom. The number of anilines is 2. The largest absolute Gasteiger partial charge is 0.478 e. The van der Waals surface area contributed by atoms with Gasteiger partial charge >= 0.3 is 5.97 Å². The molecule has 17 heavy (non-hydrogen) atoms. The van der Waals surface area contributed by atoms with Gasteiger partial charge in [0.05, 0.1) is 5.56 Å². The van der Waals surface area contributed by atoms with Crippen molar-refractivity contribution in [3.63, 3.8) is 0 Å². The molecule has 0 amide bonds. The number of carboxylic acid groups (broad SMARTS) is 1. The first-order chi connectivity index (χ1) is 7.75. The van der Waals surface area contributed by atoms with Gasteiger partial charge in [-0.1, -0.05) is 0 Å². The molecule has 0 aliphatic carbocycles. The summed E-state index contributed by atoms with van der Waals surface area (Å²) in [6, 6.07) is 10.3. The summed E-state index contributed by atoms with van der Waals surface area (Å²) in [5.41, 5.74) is 2.04. The van der Waals surface area contributed by atoms with E-state index in [1.54, 1.807) is 36.7 Å². The lowest BCUT2D eigenvalue weighted by Crippen LogP contribution is -1.96. The third kappa shape index (κ3) is 3.46. The number of halogens is 1. The van der Waals surface area contributed by atoms with Crippen LogP contribution in [0.3, 0.4) is 0 Å². The number of nitrogens with zero attached hydrogens (tertiary/aromatic N) is 1. The summed E-state index contributed by atoms with van der Waals surface area (Å²) in [5, 5.41) is 11.9. The topological polar surface area (TPSA) is 62.2 Å². The zero-order chi connectivity index (χ0) is 11.4. The van der Waals surface area contributed by atoms with E-state index in [1.165, 1.54) is 0 Å². The molecule has 2 aromatic rings. The fraction of sp³-hybridized carbons (Fsp3) is 0. The van der Waals surface area contributed by atoms with Crippen molar-refractivity contribution >= 4 is 29.8 Å². The number of aromatic nitrogens is 1. The number of hydrogen-bond acceptors (Lipinski definition) is 3. The molecule has 0 unspecified atom stereocenters. The van der Waals surface area contributed by atoms with Crippen LogP contribution in [0.5, 0.6) is 0 Å². The predicted molar refractivity (Wildman–Crippen MR) is 68.2 cm³/mol. The van der Waals surface area contributed by atoms with Crippen molar-refractivity contribution in [1.82, 2.24) is 4.98 Å². The minimum atomic E-state index is -0.921. The van der Waals surface area contributed by atoms with Crippen molar-refractivity contribution in [3.05, 3.63) is 54.4 Å². The van der Waals surface area contributed by atoms with Crippen LogP contribution in [0, 0.1) is 0 Å². The molecule has 4 nitrogen and oxygen atoms in total. The summed E-state index contributed by atoms with van der Waals surface area (Å²) < 4.78 is 0. The van der Waals surface area contributed by atoms with Crippen molar-refractivity contribution in [2.75, 3.05) is 5.32 Å². The van der Waals surface area contributed by atoms with E-state index in [1.807, 2.05) is 12.1 Å². The van der Waals surface area contributed by atoms with Crippen molar-refractivity contribution in [2.45, 2.75) is 0 Å². The van der Waals surface area contributed by atoms with Gasteiger partial charge in [-0.15, -0.1) is 12.4 Å². The second-order valence-electron chi connectivity index (χ2n) is 3.24. The average Bonchev–Trinajstić information content (AvgIpc) is 2.31. The van der Waals surface area contributed by atoms with E-state index < -0.39 is 5.97 Å². The molecule has 2 rings (SSSR count). The molecule has 0 saturated heterocycles. The summed E-state index contributed by atoms with van der Waals surface area (Å²) in [4.78, 5) is 14.5. The molecule has 5 heteroatoms. The first-order valence-electron chi connectivity index (χ1n) is 4.76. The molecule has 0 saturated carbocycles. The number of hydrogen-bond donors (Lipinski definition) is 2.